The molecule has 1 unspecified atom stereocenters. The molecule has 0 radical (unpaired) electrons. The zero-order chi connectivity index (χ0) is 12.6. The van der Waals surface area contributed by atoms with Crippen LogP contribution in [-0.4, -0.2) is 36.8 Å². The number of thioether (sulfide) groups is 1. The Morgan fingerprint density at radius 3 is 2.79 bits per heavy atom. The summed E-state index contributed by atoms with van der Waals surface area (Å²) < 4.78 is 0. The molecule has 19 heavy (non-hydrogen) atoms. The minimum atomic E-state index is 0. The number of halogens is 1. The van der Waals surface area contributed by atoms with Gasteiger partial charge >= 0.3 is 0 Å². The van der Waals surface area contributed by atoms with Gasteiger partial charge < -0.3 is 10.6 Å². The van der Waals surface area contributed by atoms with Gasteiger partial charge in [0.2, 0.25) is 0 Å². The topological polar surface area (TPSA) is 29.3 Å². The third kappa shape index (κ3) is 6.17. The number of likely N-dealkylation sites (tertiary alicyclic amines) is 1. The predicted molar refractivity (Wildman–Crippen MR) is 88.1 cm³/mol. The van der Waals surface area contributed by atoms with Gasteiger partial charge in [0.15, 0.2) is 0 Å². The number of nitrogens with zero attached hydrogens (tertiary/aromatic N) is 1. The molecule has 1 atom stereocenters. The predicted octanol–water partition coefficient (Wildman–Crippen LogP) is 3.01. The van der Waals surface area contributed by atoms with Crippen molar-refractivity contribution in [1.29, 1.82) is 0 Å². The molecule has 0 aromatic heterocycles. The molecule has 1 fully saturated rings. The van der Waals surface area contributed by atoms with Crippen LogP contribution < -0.4 is 5.73 Å². The molecule has 1 aliphatic heterocycles. The molecule has 0 bridgehead atoms. The van der Waals surface area contributed by atoms with Gasteiger partial charge in [-0.15, -0.1) is 12.4 Å². The Kier molecular flexibility index (Phi) is 8.55. The van der Waals surface area contributed by atoms with Gasteiger partial charge in [-0.3, -0.25) is 0 Å². The number of rotatable bonds is 6. The highest BCUT2D eigenvalue weighted by atomic mass is 35.5. The highest BCUT2D eigenvalue weighted by Crippen LogP contribution is 2.17. The van der Waals surface area contributed by atoms with Crippen molar-refractivity contribution >= 4 is 24.2 Å². The summed E-state index contributed by atoms with van der Waals surface area (Å²) in [7, 11) is 0. The van der Waals surface area contributed by atoms with Gasteiger partial charge in [0.25, 0.3) is 0 Å². The summed E-state index contributed by atoms with van der Waals surface area (Å²) >= 11 is 2.04. The summed E-state index contributed by atoms with van der Waals surface area (Å²) in [5.41, 5.74) is 7.20. The molecular weight excluding hydrogens is 276 g/mol. The Hall–Kier alpha value is -0.220. The van der Waals surface area contributed by atoms with Crippen LogP contribution in [0.5, 0.6) is 0 Å². The Balaban J connectivity index is 0.00000180. The lowest BCUT2D eigenvalue weighted by atomic mass is 9.98. The minimum Gasteiger partial charge on any atom is -0.330 e. The number of hydrogen-bond donors (Lipinski definition) is 1. The number of benzene rings is 1. The molecule has 108 valence electrons. The molecule has 0 spiro atoms. The molecule has 0 amide bonds. The third-order valence-corrected chi connectivity index (χ3v) is 4.61. The second-order valence-corrected chi connectivity index (χ2v) is 6.19. The van der Waals surface area contributed by atoms with Gasteiger partial charge in [0.1, 0.15) is 0 Å². The number of nitrogens with two attached hydrogens (primary N) is 1. The lowest BCUT2D eigenvalue weighted by molar-refractivity contribution is 0.188. The van der Waals surface area contributed by atoms with E-state index in [0.717, 1.165) is 18.2 Å². The van der Waals surface area contributed by atoms with Crippen molar-refractivity contribution in [2.75, 3.05) is 31.9 Å². The lowest BCUT2D eigenvalue weighted by Crippen LogP contribution is -2.39. The molecule has 1 heterocycles. The number of piperidine rings is 1. The smallest absolute Gasteiger partial charge is 0.0185 e. The highest BCUT2D eigenvalue weighted by Gasteiger charge is 2.17. The van der Waals surface area contributed by atoms with Crippen molar-refractivity contribution < 1.29 is 0 Å². The molecule has 1 saturated heterocycles. The van der Waals surface area contributed by atoms with Crippen molar-refractivity contribution in [3.05, 3.63) is 35.9 Å². The fourth-order valence-corrected chi connectivity index (χ4v) is 3.46. The molecule has 2 nitrogen and oxygen atoms in total. The maximum Gasteiger partial charge on any atom is 0.0185 e. The van der Waals surface area contributed by atoms with Gasteiger partial charge in [-0.2, -0.15) is 11.8 Å². The quantitative estimate of drug-likeness (QED) is 0.819. The summed E-state index contributed by atoms with van der Waals surface area (Å²) in [6.45, 7) is 4.55. The van der Waals surface area contributed by atoms with Gasteiger partial charge in [-0.1, -0.05) is 30.3 Å². The Labute approximate surface area is 127 Å². The second kappa shape index (κ2) is 9.65. The zero-order valence-electron chi connectivity index (χ0n) is 11.5. The zero-order valence-corrected chi connectivity index (χ0v) is 13.1. The van der Waals surface area contributed by atoms with Crippen LogP contribution in [0.3, 0.4) is 0 Å². The van der Waals surface area contributed by atoms with E-state index in [1.165, 1.54) is 43.8 Å². The average molecular weight is 301 g/mol. The van der Waals surface area contributed by atoms with Crippen LogP contribution in [0, 0.1) is 5.92 Å². The average Bonchev–Trinajstić information content (AvgIpc) is 2.45. The van der Waals surface area contributed by atoms with Gasteiger partial charge in [-0.25, -0.2) is 0 Å². The first kappa shape index (κ1) is 16.8. The molecule has 4 heteroatoms. The van der Waals surface area contributed by atoms with E-state index in [4.69, 9.17) is 5.73 Å². The number of hydrogen-bond acceptors (Lipinski definition) is 3. The van der Waals surface area contributed by atoms with E-state index in [1.54, 1.807) is 0 Å². The van der Waals surface area contributed by atoms with E-state index in [1.807, 2.05) is 11.8 Å². The maximum absolute atomic E-state index is 5.76. The van der Waals surface area contributed by atoms with E-state index in [9.17, 15) is 0 Å². The molecule has 2 N–H and O–H groups in total. The summed E-state index contributed by atoms with van der Waals surface area (Å²) in [6.07, 6.45) is 2.65. The Morgan fingerprint density at radius 2 is 2.05 bits per heavy atom. The van der Waals surface area contributed by atoms with E-state index in [2.05, 4.69) is 35.2 Å². The SMILES string of the molecule is Cl.NCC1CCCN(CCSCc2ccccc2)C1. The van der Waals surface area contributed by atoms with Gasteiger partial charge in [0.05, 0.1) is 0 Å². The van der Waals surface area contributed by atoms with Crippen LogP contribution in [0.4, 0.5) is 0 Å². The van der Waals surface area contributed by atoms with Crippen LogP contribution >= 0.6 is 24.2 Å². The molecule has 2 rings (SSSR count). The van der Waals surface area contributed by atoms with Crippen molar-refractivity contribution in [3.8, 4) is 0 Å². The highest BCUT2D eigenvalue weighted by molar-refractivity contribution is 7.98. The van der Waals surface area contributed by atoms with E-state index < -0.39 is 0 Å². The van der Waals surface area contributed by atoms with Crippen LogP contribution in [-0.2, 0) is 5.75 Å². The van der Waals surface area contributed by atoms with Crippen molar-refractivity contribution in [2.24, 2.45) is 11.7 Å². The largest absolute Gasteiger partial charge is 0.330 e. The fraction of sp³-hybridized carbons (Fsp3) is 0.600. The van der Waals surface area contributed by atoms with Crippen molar-refractivity contribution in [2.45, 2.75) is 18.6 Å². The molecular formula is C15H25ClN2S. The molecule has 0 saturated carbocycles. The molecule has 1 aliphatic rings. The molecule has 1 aromatic carbocycles. The first-order chi connectivity index (χ1) is 8.88. The summed E-state index contributed by atoms with van der Waals surface area (Å²) in [6, 6.07) is 10.7. The monoisotopic (exact) mass is 300 g/mol. The van der Waals surface area contributed by atoms with Gasteiger partial charge in [-0.05, 0) is 37.4 Å². The van der Waals surface area contributed by atoms with E-state index in [0.29, 0.717) is 0 Å². The maximum atomic E-state index is 5.76. The van der Waals surface area contributed by atoms with E-state index in [-0.39, 0.29) is 12.4 Å². The first-order valence-corrected chi connectivity index (χ1v) is 8.08. The first-order valence-electron chi connectivity index (χ1n) is 6.92. The standard InChI is InChI=1S/C15H24N2S.ClH/c16-11-15-7-4-8-17(12-15)9-10-18-13-14-5-2-1-3-6-14;/h1-3,5-6,15H,4,7-13,16H2;1H. The minimum absolute atomic E-state index is 0. The summed E-state index contributed by atoms with van der Waals surface area (Å²) in [5.74, 6) is 3.10. The second-order valence-electron chi connectivity index (χ2n) is 5.08. The van der Waals surface area contributed by atoms with E-state index >= 15 is 0 Å². The molecule has 1 aromatic rings. The summed E-state index contributed by atoms with van der Waals surface area (Å²) in [5, 5.41) is 0. The normalized spacial score (nSPS) is 19.9. The Bertz CT molecular complexity index is 334. The van der Waals surface area contributed by atoms with Crippen LogP contribution in [0.2, 0.25) is 0 Å². The Morgan fingerprint density at radius 1 is 1.26 bits per heavy atom. The van der Waals surface area contributed by atoms with Crippen molar-refractivity contribution in [3.63, 3.8) is 0 Å². The van der Waals surface area contributed by atoms with Crippen LogP contribution in [0.25, 0.3) is 0 Å². The van der Waals surface area contributed by atoms with Crippen LogP contribution in [0.1, 0.15) is 18.4 Å². The lowest BCUT2D eigenvalue weighted by Gasteiger charge is -2.31. The van der Waals surface area contributed by atoms with Gasteiger partial charge in [0, 0.05) is 24.6 Å². The van der Waals surface area contributed by atoms with Crippen LogP contribution in [0.15, 0.2) is 30.3 Å². The summed E-state index contributed by atoms with van der Waals surface area (Å²) in [4.78, 5) is 2.58. The fourth-order valence-electron chi connectivity index (χ4n) is 2.50. The molecule has 0 aliphatic carbocycles. The van der Waals surface area contributed by atoms with Crippen molar-refractivity contribution in [1.82, 2.24) is 4.90 Å². The third-order valence-electron chi connectivity index (χ3n) is 3.60.